The van der Waals surface area contributed by atoms with Gasteiger partial charge in [0, 0.05) is 5.56 Å². The minimum Gasteiger partial charge on any atom is -0.472 e. The first-order chi connectivity index (χ1) is 7.68. The summed E-state index contributed by atoms with van der Waals surface area (Å²) in [5, 5.41) is 0. The van der Waals surface area contributed by atoms with Crippen molar-refractivity contribution < 1.29 is 4.42 Å². The van der Waals surface area contributed by atoms with Crippen molar-refractivity contribution in [3.8, 4) is 0 Å². The second-order valence-corrected chi connectivity index (χ2v) is 4.31. The van der Waals surface area contributed by atoms with Crippen LogP contribution in [0, 0.1) is 5.92 Å². The quantitative estimate of drug-likeness (QED) is 0.642. The largest absolute Gasteiger partial charge is 0.472 e. The summed E-state index contributed by atoms with van der Waals surface area (Å²) < 4.78 is 4.99. The van der Waals surface area contributed by atoms with Gasteiger partial charge >= 0.3 is 0 Å². The Morgan fingerprint density at radius 1 is 1.44 bits per heavy atom. The van der Waals surface area contributed by atoms with Crippen LogP contribution in [0.4, 0.5) is 0 Å². The van der Waals surface area contributed by atoms with E-state index in [0.29, 0.717) is 5.92 Å². The maximum Gasteiger partial charge on any atom is 0.0974 e. The van der Waals surface area contributed by atoms with E-state index in [1.54, 1.807) is 12.5 Å². The van der Waals surface area contributed by atoms with Crippen molar-refractivity contribution >= 4 is 6.08 Å². The molecule has 0 aromatic carbocycles. The van der Waals surface area contributed by atoms with Gasteiger partial charge < -0.3 is 4.42 Å². The molecule has 0 spiro atoms. The minimum absolute atomic E-state index is 0.616. The smallest absolute Gasteiger partial charge is 0.0974 e. The molecule has 0 aliphatic heterocycles. The lowest BCUT2D eigenvalue weighted by Crippen LogP contribution is -1.76. The zero-order valence-electron chi connectivity index (χ0n) is 10.3. The van der Waals surface area contributed by atoms with E-state index in [2.05, 4.69) is 51.2 Å². The van der Waals surface area contributed by atoms with E-state index >= 15 is 0 Å². The fourth-order valence-corrected chi connectivity index (χ4v) is 1.26. The highest BCUT2D eigenvalue weighted by Crippen LogP contribution is 2.07. The van der Waals surface area contributed by atoms with Crippen molar-refractivity contribution in [2.75, 3.05) is 0 Å². The van der Waals surface area contributed by atoms with E-state index in [1.807, 2.05) is 6.07 Å². The minimum atomic E-state index is 0.616. The van der Waals surface area contributed by atoms with Gasteiger partial charge in [0.1, 0.15) is 0 Å². The number of hydrogen-bond donors (Lipinski definition) is 0. The normalized spacial score (nSPS) is 13.4. The summed E-state index contributed by atoms with van der Waals surface area (Å²) >= 11 is 0. The molecule has 0 unspecified atom stereocenters. The zero-order valence-corrected chi connectivity index (χ0v) is 10.3. The molecular weight excluding hydrogens is 196 g/mol. The second-order valence-electron chi connectivity index (χ2n) is 4.31. The average Bonchev–Trinajstić information content (AvgIpc) is 2.70. The summed E-state index contributed by atoms with van der Waals surface area (Å²) in [6, 6.07) is 1.95. The Labute approximate surface area is 98.2 Å². The van der Waals surface area contributed by atoms with Gasteiger partial charge in [-0.05, 0) is 25.3 Å². The van der Waals surface area contributed by atoms with Crippen molar-refractivity contribution in [3.05, 3.63) is 54.0 Å². The van der Waals surface area contributed by atoms with Gasteiger partial charge in [-0.15, -0.1) is 0 Å². The van der Waals surface area contributed by atoms with Crippen LogP contribution in [0.2, 0.25) is 0 Å². The Hall–Kier alpha value is -1.50. The predicted molar refractivity (Wildman–Crippen MR) is 70.1 cm³/mol. The Bertz CT molecular complexity index is 364. The van der Waals surface area contributed by atoms with E-state index in [1.165, 1.54) is 5.57 Å². The number of allylic oxidation sites excluding steroid dienone is 5. The van der Waals surface area contributed by atoms with Crippen LogP contribution in [0.5, 0.6) is 0 Å². The summed E-state index contributed by atoms with van der Waals surface area (Å²) in [4.78, 5) is 0. The molecule has 1 aromatic rings. The third kappa shape index (κ3) is 5.40. The summed E-state index contributed by atoms with van der Waals surface area (Å²) in [5.74, 6) is 0.616. The van der Waals surface area contributed by atoms with Gasteiger partial charge in [-0.2, -0.15) is 0 Å². The van der Waals surface area contributed by atoms with Crippen LogP contribution in [-0.2, 0) is 0 Å². The van der Waals surface area contributed by atoms with Gasteiger partial charge in [-0.25, -0.2) is 0 Å². The highest BCUT2D eigenvalue weighted by molar-refractivity contribution is 5.47. The van der Waals surface area contributed by atoms with Crippen molar-refractivity contribution in [1.29, 1.82) is 0 Å². The molecule has 16 heavy (non-hydrogen) atoms. The fraction of sp³-hybridized carbons (Fsp3) is 0.333. The van der Waals surface area contributed by atoms with Gasteiger partial charge in [0.05, 0.1) is 12.5 Å². The average molecular weight is 216 g/mol. The van der Waals surface area contributed by atoms with Crippen LogP contribution in [0.3, 0.4) is 0 Å². The predicted octanol–water partition coefficient (Wildman–Crippen LogP) is 4.84. The monoisotopic (exact) mass is 216 g/mol. The van der Waals surface area contributed by atoms with Gasteiger partial charge in [0.25, 0.3) is 0 Å². The molecule has 0 fully saturated rings. The van der Waals surface area contributed by atoms with Gasteiger partial charge in [-0.3, -0.25) is 0 Å². The summed E-state index contributed by atoms with van der Waals surface area (Å²) in [5.41, 5.74) is 2.47. The van der Waals surface area contributed by atoms with Crippen molar-refractivity contribution in [1.82, 2.24) is 0 Å². The van der Waals surface area contributed by atoms with E-state index in [9.17, 15) is 0 Å². The molecule has 0 atom stereocenters. The Kier molecular flexibility index (Phi) is 5.41. The maximum atomic E-state index is 4.99. The molecule has 1 nitrogen and oxygen atoms in total. The first-order valence-corrected chi connectivity index (χ1v) is 5.71. The lowest BCUT2D eigenvalue weighted by Gasteiger charge is -1.94. The Morgan fingerprint density at radius 3 is 2.88 bits per heavy atom. The van der Waals surface area contributed by atoms with Crippen LogP contribution < -0.4 is 0 Å². The van der Waals surface area contributed by atoms with Crippen LogP contribution in [0.25, 0.3) is 6.08 Å². The first-order valence-electron chi connectivity index (χ1n) is 5.71. The van der Waals surface area contributed by atoms with Gasteiger partial charge in [0.15, 0.2) is 0 Å². The molecule has 1 heterocycles. The highest BCUT2D eigenvalue weighted by atomic mass is 16.3. The van der Waals surface area contributed by atoms with Crippen LogP contribution in [0.15, 0.2) is 52.9 Å². The van der Waals surface area contributed by atoms with Gasteiger partial charge in [-0.1, -0.05) is 49.8 Å². The van der Waals surface area contributed by atoms with Gasteiger partial charge in [0.2, 0.25) is 0 Å². The molecular formula is C15H20O. The molecule has 86 valence electrons. The second kappa shape index (κ2) is 6.89. The SMILES string of the molecule is CC(=CC=CC(C)C)CC=Cc1ccoc1. The summed E-state index contributed by atoms with van der Waals surface area (Å²) in [6.07, 6.45) is 15.1. The molecule has 1 heteroatoms. The number of furan rings is 1. The molecule has 0 amide bonds. The van der Waals surface area contributed by atoms with Crippen molar-refractivity contribution in [2.24, 2.45) is 5.92 Å². The fourth-order valence-electron chi connectivity index (χ4n) is 1.26. The third-order valence-electron chi connectivity index (χ3n) is 2.17. The van der Waals surface area contributed by atoms with Crippen LogP contribution >= 0.6 is 0 Å². The summed E-state index contributed by atoms with van der Waals surface area (Å²) in [6.45, 7) is 6.50. The molecule has 0 radical (unpaired) electrons. The first kappa shape index (κ1) is 12.6. The molecule has 0 aliphatic carbocycles. The van der Waals surface area contributed by atoms with Crippen molar-refractivity contribution in [3.63, 3.8) is 0 Å². The molecule has 1 aromatic heterocycles. The van der Waals surface area contributed by atoms with Crippen LogP contribution in [0.1, 0.15) is 32.8 Å². The molecule has 0 N–H and O–H groups in total. The lowest BCUT2D eigenvalue weighted by molar-refractivity contribution is 0.567. The highest BCUT2D eigenvalue weighted by Gasteiger charge is 1.87. The maximum absolute atomic E-state index is 4.99. The van der Waals surface area contributed by atoms with E-state index in [-0.39, 0.29) is 0 Å². The lowest BCUT2D eigenvalue weighted by atomic mass is 10.1. The van der Waals surface area contributed by atoms with E-state index < -0.39 is 0 Å². The number of hydrogen-bond acceptors (Lipinski definition) is 1. The Morgan fingerprint density at radius 2 is 2.25 bits per heavy atom. The molecule has 0 bridgehead atoms. The molecule has 1 rings (SSSR count). The van der Waals surface area contributed by atoms with Crippen LogP contribution in [-0.4, -0.2) is 0 Å². The number of rotatable bonds is 5. The topological polar surface area (TPSA) is 13.1 Å². The molecule has 0 aliphatic rings. The molecule has 0 saturated heterocycles. The Balaban J connectivity index is 2.37. The standard InChI is InChI=1S/C15H20O/c1-13(2)6-4-7-14(3)8-5-9-15-10-11-16-12-15/h4-7,9-13H,8H2,1-3H3. The van der Waals surface area contributed by atoms with E-state index in [4.69, 9.17) is 4.42 Å². The van der Waals surface area contributed by atoms with E-state index in [0.717, 1.165) is 12.0 Å². The third-order valence-corrected chi connectivity index (χ3v) is 2.17. The zero-order chi connectivity index (χ0) is 11.8. The van der Waals surface area contributed by atoms with Crippen molar-refractivity contribution in [2.45, 2.75) is 27.2 Å². The summed E-state index contributed by atoms with van der Waals surface area (Å²) in [7, 11) is 0. The molecule has 0 saturated carbocycles.